The quantitative estimate of drug-likeness (QED) is 0.493. The van der Waals surface area contributed by atoms with Gasteiger partial charge in [-0.3, -0.25) is 13.9 Å². The van der Waals surface area contributed by atoms with Crippen LogP contribution in [0.1, 0.15) is 25.0 Å². The average Bonchev–Trinajstić information content (AvgIpc) is 2.75. The first-order valence-corrected chi connectivity index (χ1v) is 12.5. The zero-order valence-corrected chi connectivity index (χ0v) is 20.6. The molecule has 0 bridgehead atoms. The number of hydrogen-bond acceptors (Lipinski definition) is 4. The monoisotopic (exact) mass is 537 g/mol. The molecule has 0 aliphatic carbocycles. The van der Waals surface area contributed by atoms with Gasteiger partial charge in [-0.1, -0.05) is 29.8 Å². The minimum Gasteiger partial charge on any atom is -0.355 e. The van der Waals surface area contributed by atoms with Gasteiger partial charge in [0.2, 0.25) is 21.8 Å². The van der Waals surface area contributed by atoms with Gasteiger partial charge in [-0.25, -0.2) is 12.8 Å². The molecule has 13 heteroatoms. The van der Waals surface area contributed by atoms with Gasteiger partial charge in [0.15, 0.2) is 0 Å². The number of hydrogen-bond donors (Lipinski definition) is 1. The van der Waals surface area contributed by atoms with Crippen LogP contribution >= 0.6 is 11.6 Å². The maximum atomic E-state index is 14.3. The predicted octanol–water partition coefficient (Wildman–Crippen LogP) is 3.82. The highest BCUT2D eigenvalue weighted by atomic mass is 35.5. The molecule has 2 aromatic carbocycles. The third-order valence-corrected chi connectivity index (χ3v) is 6.48. The van der Waals surface area contributed by atoms with Gasteiger partial charge in [0.1, 0.15) is 18.4 Å². The molecule has 0 aliphatic heterocycles. The first-order valence-electron chi connectivity index (χ1n) is 10.3. The molecule has 2 aromatic rings. The van der Waals surface area contributed by atoms with Gasteiger partial charge in [0, 0.05) is 18.7 Å². The summed E-state index contributed by atoms with van der Waals surface area (Å²) in [5.74, 6) is -2.19. The molecular weight excluding hydrogens is 514 g/mol. The van der Waals surface area contributed by atoms with Crippen LogP contribution in [-0.4, -0.2) is 50.5 Å². The molecule has 0 heterocycles. The van der Waals surface area contributed by atoms with Crippen molar-refractivity contribution in [1.29, 1.82) is 0 Å². The fourth-order valence-electron chi connectivity index (χ4n) is 3.19. The summed E-state index contributed by atoms with van der Waals surface area (Å²) < 4.78 is 79.4. The number of halogens is 5. The highest BCUT2D eigenvalue weighted by Crippen LogP contribution is 2.36. The molecule has 2 rings (SSSR count). The number of carbonyl (C=O) groups excluding carboxylic acids is 2. The fraction of sp³-hybridized carbons (Fsp3) is 0.364. The average molecular weight is 538 g/mol. The first kappa shape index (κ1) is 28.4. The third kappa shape index (κ3) is 7.31. The number of nitrogens with zero attached hydrogens (tertiary/aromatic N) is 2. The molecule has 0 saturated carbocycles. The van der Waals surface area contributed by atoms with Crippen molar-refractivity contribution in [2.24, 2.45) is 0 Å². The lowest BCUT2D eigenvalue weighted by molar-refractivity contribution is -0.139. The lowest BCUT2D eigenvalue weighted by atomic mass is 10.1. The number of amides is 2. The number of alkyl halides is 3. The van der Waals surface area contributed by atoms with E-state index in [2.05, 4.69) is 5.32 Å². The number of carbonyl (C=O) groups is 2. The SMILES string of the molecule is CCNC(=O)C(C)N(Cc1ccccc1F)C(=O)CN(c1cc(C(F)(F)F)ccc1Cl)S(C)(=O)=O. The van der Waals surface area contributed by atoms with Crippen LogP contribution in [0.25, 0.3) is 0 Å². The van der Waals surface area contributed by atoms with Crippen molar-refractivity contribution in [3.05, 3.63) is 64.4 Å². The fourth-order valence-corrected chi connectivity index (χ4v) is 4.31. The Kier molecular flexibility index (Phi) is 9.12. The van der Waals surface area contributed by atoms with E-state index in [0.717, 1.165) is 17.0 Å². The van der Waals surface area contributed by atoms with Crippen LogP contribution in [0.3, 0.4) is 0 Å². The van der Waals surface area contributed by atoms with E-state index >= 15 is 0 Å². The molecular formula is C22H24ClF4N3O4S. The topological polar surface area (TPSA) is 86.8 Å². The summed E-state index contributed by atoms with van der Waals surface area (Å²) in [6, 6.07) is 6.40. The van der Waals surface area contributed by atoms with Gasteiger partial charge in [-0.15, -0.1) is 0 Å². The Balaban J connectivity index is 2.51. The Morgan fingerprint density at radius 3 is 2.31 bits per heavy atom. The maximum absolute atomic E-state index is 14.3. The zero-order valence-electron chi connectivity index (χ0n) is 19.1. The van der Waals surface area contributed by atoms with Gasteiger partial charge >= 0.3 is 6.18 Å². The standard InChI is InChI=1S/C22H24ClF4N3O4S/c1-4-28-21(32)14(2)29(12-15-7-5-6-8-18(15)24)20(31)13-30(35(3,33)34)19-11-16(22(25,26)27)9-10-17(19)23/h5-11,14H,4,12-13H2,1-3H3,(H,28,32). The number of sulfonamides is 1. The highest BCUT2D eigenvalue weighted by Gasteiger charge is 2.34. The van der Waals surface area contributed by atoms with E-state index in [-0.39, 0.29) is 17.1 Å². The van der Waals surface area contributed by atoms with Crippen molar-refractivity contribution >= 4 is 39.1 Å². The Hall–Kier alpha value is -2.86. The van der Waals surface area contributed by atoms with Gasteiger partial charge < -0.3 is 10.2 Å². The second-order valence-corrected chi connectivity index (χ2v) is 9.93. The van der Waals surface area contributed by atoms with Gasteiger partial charge in [0.25, 0.3) is 0 Å². The lowest BCUT2D eigenvalue weighted by Crippen LogP contribution is -2.51. The molecule has 0 saturated heterocycles. The maximum Gasteiger partial charge on any atom is 0.416 e. The minimum atomic E-state index is -4.80. The Labute approximate surface area is 205 Å². The van der Waals surface area contributed by atoms with Crippen molar-refractivity contribution in [2.45, 2.75) is 32.6 Å². The Morgan fingerprint density at radius 1 is 1.14 bits per heavy atom. The largest absolute Gasteiger partial charge is 0.416 e. The molecule has 1 atom stereocenters. The van der Waals surface area contributed by atoms with E-state index in [1.807, 2.05) is 0 Å². The van der Waals surface area contributed by atoms with Crippen LogP contribution in [0, 0.1) is 5.82 Å². The van der Waals surface area contributed by atoms with E-state index in [9.17, 15) is 35.6 Å². The molecule has 2 amide bonds. The van der Waals surface area contributed by atoms with Crippen LogP contribution in [0.2, 0.25) is 5.02 Å². The zero-order chi connectivity index (χ0) is 26.6. The van der Waals surface area contributed by atoms with Crippen molar-refractivity contribution in [3.63, 3.8) is 0 Å². The van der Waals surface area contributed by atoms with Gasteiger partial charge in [-0.05, 0) is 38.1 Å². The second kappa shape index (κ2) is 11.3. The van der Waals surface area contributed by atoms with Crippen molar-refractivity contribution in [3.8, 4) is 0 Å². The molecule has 7 nitrogen and oxygen atoms in total. The minimum absolute atomic E-state index is 0.0556. The van der Waals surface area contributed by atoms with Crippen LogP contribution in [0.15, 0.2) is 42.5 Å². The summed E-state index contributed by atoms with van der Waals surface area (Å²) in [5, 5.41) is 2.19. The predicted molar refractivity (Wildman–Crippen MR) is 124 cm³/mol. The molecule has 1 unspecified atom stereocenters. The lowest BCUT2D eigenvalue weighted by Gasteiger charge is -2.31. The summed E-state index contributed by atoms with van der Waals surface area (Å²) in [6.45, 7) is 1.89. The Morgan fingerprint density at radius 2 is 1.77 bits per heavy atom. The van der Waals surface area contributed by atoms with E-state index in [1.165, 1.54) is 25.1 Å². The highest BCUT2D eigenvalue weighted by molar-refractivity contribution is 7.92. The molecule has 192 valence electrons. The second-order valence-electron chi connectivity index (χ2n) is 7.62. The normalized spacial score (nSPS) is 12.7. The van der Waals surface area contributed by atoms with Crippen LogP contribution in [-0.2, 0) is 32.3 Å². The Bertz CT molecular complexity index is 1190. The summed E-state index contributed by atoms with van der Waals surface area (Å²) >= 11 is 6.00. The summed E-state index contributed by atoms with van der Waals surface area (Å²) in [7, 11) is -4.31. The molecule has 0 radical (unpaired) electrons. The first-order chi connectivity index (χ1) is 16.2. The van der Waals surface area contributed by atoms with E-state index in [0.29, 0.717) is 22.7 Å². The number of likely N-dealkylation sites (N-methyl/N-ethyl adjacent to an activating group) is 1. The number of nitrogens with one attached hydrogen (secondary N) is 1. The molecule has 0 aromatic heterocycles. The van der Waals surface area contributed by atoms with Crippen molar-refractivity contribution < 1.29 is 35.6 Å². The van der Waals surface area contributed by atoms with Crippen LogP contribution in [0.4, 0.5) is 23.2 Å². The van der Waals surface area contributed by atoms with Gasteiger partial charge in [0.05, 0.1) is 22.5 Å². The van der Waals surface area contributed by atoms with Crippen LogP contribution < -0.4 is 9.62 Å². The smallest absolute Gasteiger partial charge is 0.355 e. The number of rotatable bonds is 9. The number of anilines is 1. The summed E-state index contributed by atoms with van der Waals surface area (Å²) in [5.41, 5.74) is -1.68. The molecule has 1 N–H and O–H groups in total. The number of benzene rings is 2. The molecule has 0 fully saturated rings. The van der Waals surface area contributed by atoms with E-state index in [1.54, 1.807) is 6.92 Å². The molecule has 0 spiro atoms. The van der Waals surface area contributed by atoms with Crippen molar-refractivity contribution in [1.82, 2.24) is 10.2 Å². The van der Waals surface area contributed by atoms with Crippen LogP contribution in [0.5, 0.6) is 0 Å². The van der Waals surface area contributed by atoms with E-state index < -0.39 is 64.2 Å². The molecule has 35 heavy (non-hydrogen) atoms. The third-order valence-electron chi connectivity index (χ3n) is 5.04. The van der Waals surface area contributed by atoms with Crippen molar-refractivity contribution in [2.75, 3.05) is 23.7 Å². The summed E-state index contributed by atoms with van der Waals surface area (Å²) in [6.07, 6.45) is -4.10. The van der Waals surface area contributed by atoms with Gasteiger partial charge in [-0.2, -0.15) is 13.2 Å². The van der Waals surface area contributed by atoms with E-state index in [4.69, 9.17) is 11.6 Å². The summed E-state index contributed by atoms with van der Waals surface area (Å²) in [4.78, 5) is 26.7. The molecule has 0 aliphatic rings.